The van der Waals surface area contributed by atoms with Crippen molar-refractivity contribution in [3.63, 3.8) is 0 Å². The third-order valence-electron chi connectivity index (χ3n) is 2.40. The van der Waals surface area contributed by atoms with Gasteiger partial charge < -0.3 is 0 Å². The van der Waals surface area contributed by atoms with Crippen LogP contribution in [-0.4, -0.2) is 0 Å². The van der Waals surface area contributed by atoms with Gasteiger partial charge in [-0.3, -0.25) is 0 Å². The van der Waals surface area contributed by atoms with E-state index in [2.05, 4.69) is 15.9 Å². The maximum absolute atomic E-state index is 12.9. The maximum Gasteiger partial charge on any atom is 0.264 e. The number of alkyl halides is 2. The average molecular weight is 318 g/mol. The molecule has 0 N–H and O–H groups in total. The highest BCUT2D eigenvalue weighted by Crippen LogP contribution is 2.33. The number of hydrogen-bond donors (Lipinski definition) is 0. The van der Waals surface area contributed by atoms with E-state index in [1.807, 2.05) is 0 Å². The fraction of sp³-hybridized carbons (Fsp3) is 0.0769. The molecule has 0 spiro atoms. The van der Waals surface area contributed by atoms with Gasteiger partial charge in [0.25, 0.3) is 6.43 Å². The summed E-state index contributed by atoms with van der Waals surface area (Å²) >= 11 is 8.97. The van der Waals surface area contributed by atoms with Crippen LogP contribution < -0.4 is 0 Å². The molecule has 17 heavy (non-hydrogen) atoms. The van der Waals surface area contributed by atoms with Gasteiger partial charge in [0.05, 0.1) is 0 Å². The Balaban J connectivity index is 2.54. The normalized spacial score (nSPS) is 10.9. The molecule has 0 saturated carbocycles. The third-order valence-corrected chi connectivity index (χ3v) is 3.15. The summed E-state index contributed by atoms with van der Waals surface area (Å²) in [4.78, 5) is 0. The van der Waals surface area contributed by atoms with E-state index in [9.17, 15) is 8.78 Å². The molecule has 0 unspecified atom stereocenters. The SMILES string of the molecule is FC(F)c1cc(Br)ccc1-c1ccc(Cl)cc1. The van der Waals surface area contributed by atoms with Gasteiger partial charge >= 0.3 is 0 Å². The summed E-state index contributed by atoms with van der Waals surface area (Å²) in [5.74, 6) is 0. The van der Waals surface area contributed by atoms with Gasteiger partial charge in [-0.05, 0) is 35.4 Å². The van der Waals surface area contributed by atoms with Crippen molar-refractivity contribution in [2.24, 2.45) is 0 Å². The van der Waals surface area contributed by atoms with Gasteiger partial charge in [0.2, 0.25) is 0 Å². The summed E-state index contributed by atoms with van der Waals surface area (Å²) < 4.78 is 26.5. The lowest BCUT2D eigenvalue weighted by Crippen LogP contribution is -1.90. The van der Waals surface area contributed by atoms with Crippen LogP contribution in [-0.2, 0) is 0 Å². The molecule has 0 aliphatic heterocycles. The summed E-state index contributed by atoms with van der Waals surface area (Å²) in [6, 6.07) is 11.7. The number of halogens is 4. The van der Waals surface area contributed by atoms with Gasteiger partial charge in [-0.1, -0.05) is 45.7 Å². The Kier molecular flexibility index (Phi) is 3.79. The first-order valence-electron chi connectivity index (χ1n) is 4.91. The summed E-state index contributed by atoms with van der Waals surface area (Å²) in [6.45, 7) is 0. The molecule has 2 rings (SSSR count). The van der Waals surface area contributed by atoms with Crippen LogP contribution in [0, 0.1) is 0 Å². The number of benzene rings is 2. The number of hydrogen-bond acceptors (Lipinski definition) is 0. The van der Waals surface area contributed by atoms with Crippen molar-refractivity contribution in [1.29, 1.82) is 0 Å². The molecule has 0 fully saturated rings. The first-order chi connectivity index (χ1) is 8.08. The van der Waals surface area contributed by atoms with Crippen molar-refractivity contribution in [2.75, 3.05) is 0 Å². The first-order valence-corrected chi connectivity index (χ1v) is 6.08. The highest BCUT2D eigenvalue weighted by molar-refractivity contribution is 9.10. The second-order valence-corrected chi connectivity index (χ2v) is 4.89. The standard InChI is InChI=1S/C13H8BrClF2/c14-9-3-6-11(12(7-9)13(16)17)8-1-4-10(15)5-2-8/h1-7,13H. The molecule has 0 aliphatic rings. The number of rotatable bonds is 2. The van der Waals surface area contributed by atoms with Crippen LogP contribution in [0.25, 0.3) is 11.1 Å². The molecule has 0 radical (unpaired) electrons. The van der Waals surface area contributed by atoms with Gasteiger partial charge in [-0.2, -0.15) is 0 Å². The lowest BCUT2D eigenvalue weighted by molar-refractivity contribution is 0.152. The molecule has 88 valence electrons. The molecule has 0 aliphatic carbocycles. The largest absolute Gasteiger partial charge is 0.264 e. The zero-order chi connectivity index (χ0) is 12.4. The predicted molar refractivity (Wildman–Crippen MR) is 69.5 cm³/mol. The maximum atomic E-state index is 12.9. The molecule has 0 atom stereocenters. The van der Waals surface area contributed by atoms with Crippen LogP contribution >= 0.6 is 27.5 Å². The summed E-state index contributed by atoms with van der Waals surface area (Å²) in [5.41, 5.74) is 1.28. The van der Waals surface area contributed by atoms with Crippen LogP contribution in [0.5, 0.6) is 0 Å². The van der Waals surface area contributed by atoms with Crippen molar-refractivity contribution in [2.45, 2.75) is 6.43 Å². The van der Waals surface area contributed by atoms with Crippen LogP contribution in [0.2, 0.25) is 5.02 Å². The second kappa shape index (κ2) is 5.15. The molecule has 0 bridgehead atoms. The minimum Gasteiger partial charge on any atom is -0.205 e. The molecule has 0 amide bonds. The molecule has 2 aromatic rings. The minimum absolute atomic E-state index is 0.0155. The predicted octanol–water partition coefficient (Wildman–Crippen LogP) is 5.71. The Morgan fingerprint density at radius 3 is 2.24 bits per heavy atom. The van der Waals surface area contributed by atoms with Crippen molar-refractivity contribution < 1.29 is 8.78 Å². The molecule has 0 nitrogen and oxygen atoms in total. The highest BCUT2D eigenvalue weighted by atomic mass is 79.9. The topological polar surface area (TPSA) is 0 Å². The molecular weight excluding hydrogens is 309 g/mol. The van der Waals surface area contributed by atoms with E-state index in [4.69, 9.17) is 11.6 Å². The van der Waals surface area contributed by atoms with Gasteiger partial charge in [-0.25, -0.2) is 8.78 Å². The zero-order valence-electron chi connectivity index (χ0n) is 8.63. The summed E-state index contributed by atoms with van der Waals surface area (Å²) in [7, 11) is 0. The monoisotopic (exact) mass is 316 g/mol. The molecule has 0 aromatic heterocycles. The fourth-order valence-corrected chi connectivity index (χ4v) is 2.11. The lowest BCUT2D eigenvalue weighted by Gasteiger charge is -2.09. The van der Waals surface area contributed by atoms with E-state index >= 15 is 0 Å². The minimum atomic E-state index is -2.50. The molecule has 0 heterocycles. The van der Waals surface area contributed by atoms with E-state index < -0.39 is 6.43 Å². The third kappa shape index (κ3) is 2.85. The quantitative estimate of drug-likeness (QED) is 0.666. The molecule has 0 saturated heterocycles. The highest BCUT2D eigenvalue weighted by Gasteiger charge is 2.14. The van der Waals surface area contributed by atoms with Gasteiger partial charge in [0, 0.05) is 15.1 Å². The van der Waals surface area contributed by atoms with E-state index in [0.717, 1.165) is 5.56 Å². The van der Waals surface area contributed by atoms with Gasteiger partial charge in [0.1, 0.15) is 0 Å². The smallest absolute Gasteiger partial charge is 0.205 e. The Morgan fingerprint density at radius 2 is 1.65 bits per heavy atom. The fourth-order valence-electron chi connectivity index (χ4n) is 1.61. The lowest BCUT2D eigenvalue weighted by atomic mass is 10.0. The van der Waals surface area contributed by atoms with Crippen molar-refractivity contribution >= 4 is 27.5 Å². The Hall–Kier alpha value is -0.930. The van der Waals surface area contributed by atoms with E-state index in [-0.39, 0.29) is 5.56 Å². The van der Waals surface area contributed by atoms with Gasteiger partial charge in [0.15, 0.2) is 0 Å². The Labute approximate surface area is 111 Å². The summed E-state index contributed by atoms with van der Waals surface area (Å²) in [6.07, 6.45) is -2.50. The van der Waals surface area contributed by atoms with Crippen LogP contribution in [0.15, 0.2) is 46.9 Å². The van der Waals surface area contributed by atoms with Crippen molar-refractivity contribution in [3.8, 4) is 11.1 Å². The van der Waals surface area contributed by atoms with Gasteiger partial charge in [-0.15, -0.1) is 0 Å². The average Bonchev–Trinajstić information content (AvgIpc) is 2.30. The van der Waals surface area contributed by atoms with Crippen LogP contribution in [0.3, 0.4) is 0 Å². The summed E-state index contributed by atoms with van der Waals surface area (Å²) in [5, 5.41) is 0.587. The Bertz CT molecular complexity index is 523. The van der Waals surface area contributed by atoms with Crippen molar-refractivity contribution in [3.05, 3.63) is 57.5 Å². The van der Waals surface area contributed by atoms with E-state index in [1.54, 1.807) is 36.4 Å². The zero-order valence-corrected chi connectivity index (χ0v) is 11.0. The second-order valence-electron chi connectivity index (χ2n) is 3.54. The molecule has 2 aromatic carbocycles. The van der Waals surface area contributed by atoms with Crippen LogP contribution in [0.1, 0.15) is 12.0 Å². The molecular formula is C13H8BrClF2. The first kappa shape index (κ1) is 12.5. The Morgan fingerprint density at radius 1 is 1.00 bits per heavy atom. The van der Waals surface area contributed by atoms with Crippen molar-refractivity contribution in [1.82, 2.24) is 0 Å². The van der Waals surface area contributed by atoms with E-state index in [0.29, 0.717) is 15.1 Å². The van der Waals surface area contributed by atoms with Crippen LogP contribution in [0.4, 0.5) is 8.78 Å². The molecule has 4 heteroatoms. The van der Waals surface area contributed by atoms with E-state index in [1.165, 1.54) is 6.07 Å².